The maximum absolute atomic E-state index is 5.64. The number of ether oxygens (including phenoxy) is 2. The monoisotopic (exact) mass is 261 g/mol. The van der Waals surface area contributed by atoms with Gasteiger partial charge in [-0.15, -0.1) is 0 Å². The SMILES string of the molecule is CNC(C)COc1cnn(-c2cccc(OC)c2)c1. The minimum atomic E-state index is 0.306. The topological polar surface area (TPSA) is 48.3 Å². The van der Waals surface area contributed by atoms with E-state index in [-0.39, 0.29) is 0 Å². The Kier molecular flexibility index (Phi) is 4.41. The fraction of sp³-hybridized carbons (Fsp3) is 0.357. The van der Waals surface area contributed by atoms with Gasteiger partial charge in [0.25, 0.3) is 0 Å². The molecule has 0 aliphatic carbocycles. The van der Waals surface area contributed by atoms with Gasteiger partial charge < -0.3 is 14.8 Å². The molecule has 0 aliphatic rings. The van der Waals surface area contributed by atoms with E-state index >= 15 is 0 Å². The van der Waals surface area contributed by atoms with Crippen LogP contribution in [0.15, 0.2) is 36.7 Å². The van der Waals surface area contributed by atoms with Crippen molar-refractivity contribution in [2.45, 2.75) is 13.0 Å². The van der Waals surface area contributed by atoms with Crippen LogP contribution < -0.4 is 14.8 Å². The molecule has 5 nitrogen and oxygen atoms in total. The number of aromatic nitrogens is 2. The zero-order chi connectivity index (χ0) is 13.7. The molecule has 0 saturated heterocycles. The van der Waals surface area contributed by atoms with Crippen molar-refractivity contribution >= 4 is 0 Å². The summed E-state index contributed by atoms with van der Waals surface area (Å²) in [7, 11) is 3.56. The Morgan fingerprint density at radius 3 is 2.95 bits per heavy atom. The summed E-state index contributed by atoms with van der Waals surface area (Å²) in [5.41, 5.74) is 0.941. The van der Waals surface area contributed by atoms with Crippen LogP contribution in [0.25, 0.3) is 5.69 Å². The molecule has 2 rings (SSSR count). The van der Waals surface area contributed by atoms with Crippen LogP contribution in [0.4, 0.5) is 0 Å². The van der Waals surface area contributed by atoms with Crippen LogP contribution in [-0.4, -0.2) is 36.6 Å². The Balaban J connectivity index is 2.07. The molecule has 1 N–H and O–H groups in total. The second kappa shape index (κ2) is 6.24. The molecule has 1 aromatic heterocycles. The molecule has 0 saturated carbocycles. The normalized spacial score (nSPS) is 12.2. The van der Waals surface area contributed by atoms with E-state index in [0.717, 1.165) is 17.2 Å². The molecule has 0 spiro atoms. The third-order valence-electron chi connectivity index (χ3n) is 2.87. The summed E-state index contributed by atoms with van der Waals surface area (Å²) in [4.78, 5) is 0. The van der Waals surface area contributed by atoms with Gasteiger partial charge in [0.05, 0.1) is 25.2 Å². The molecule has 2 aromatic rings. The number of nitrogens with zero attached hydrogens (tertiary/aromatic N) is 2. The highest BCUT2D eigenvalue weighted by atomic mass is 16.5. The maximum atomic E-state index is 5.64. The number of nitrogens with one attached hydrogen (secondary N) is 1. The lowest BCUT2D eigenvalue weighted by Crippen LogP contribution is -2.28. The first-order chi connectivity index (χ1) is 9.22. The molecule has 0 fully saturated rings. The summed E-state index contributed by atoms with van der Waals surface area (Å²) in [5.74, 6) is 1.56. The molecule has 1 atom stereocenters. The van der Waals surface area contributed by atoms with E-state index in [1.165, 1.54) is 0 Å². The minimum Gasteiger partial charge on any atom is -0.497 e. The predicted molar refractivity (Wildman–Crippen MR) is 74.1 cm³/mol. The molecule has 5 heteroatoms. The van der Waals surface area contributed by atoms with Crippen molar-refractivity contribution in [2.24, 2.45) is 0 Å². The average molecular weight is 261 g/mol. The summed E-state index contributed by atoms with van der Waals surface area (Å²) in [6.07, 6.45) is 3.57. The Bertz CT molecular complexity index is 525. The maximum Gasteiger partial charge on any atom is 0.157 e. The van der Waals surface area contributed by atoms with Crippen LogP contribution in [0, 0.1) is 0 Å². The van der Waals surface area contributed by atoms with E-state index in [4.69, 9.17) is 9.47 Å². The van der Waals surface area contributed by atoms with E-state index in [0.29, 0.717) is 12.6 Å². The molecule has 0 amide bonds. The van der Waals surface area contributed by atoms with Crippen LogP contribution in [0.5, 0.6) is 11.5 Å². The fourth-order valence-electron chi connectivity index (χ4n) is 1.58. The summed E-state index contributed by atoms with van der Waals surface area (Å²) in [6, 6.07) is 8.03. The van der Waals surface area contributed by atoms with Crippen LogP contribution in [0.3, 0.4) is 0 Å². The Morgan fingerprint density at radius 1 is 1.37 bits per heavy atom. The number of hydrogen-bond donors (Lipinski definition) is 1. The third-order valence-corrected chi connectivity index (χ3v) is 2.87. The first-order valence-electron chi connectivity index (χ1n) is 6.22. The van der Waals surface area contributed by atoms with Crippen LogP contribution >= 0.6 is 0 Å². The molecule has 1 heterocycles. The lowest BCUT2D eigenvalue weighted by molar-refractivity contribution is 0.280. The van der Waals surface area contributed by atoms with Crippen molar-refractivity contribution in [2.75, 3.05) is 20.8 Å². The number of methoxy groups -OCH3 is 1. The van der Waals surface area contributed by atoms with Crippen molar-refractivity contribution < 1.29 is 9.47 Å². The van der Waals surface area contributed by atoms with Gasteiger partial charge in [-0.3, -0.25) is 0 Å². The largest absolute Gasteiger partial charge is 0.497 e. The van der Waals surface area contributed by atoms with Crippen LogP contribution in [-0.2, 0) is 0 Å². The summed E-state index contributed by atoms with van der Waals surface area (Å²) in [6.45, 7) is 2.67. The fourth-order valence-corrected chi connectivity index (χ4v) is 1.58. The zero-order valence-electron chi connectivity index (χ0n) is 11.5. The minimum absolute atomic E-state index is 0.306. The van der Waals surface area contributed by atoms with Gasteiger partial charge in [-0.25, -0.2) is 4.68 Å². The highest BCUT2D eigenvalue weighted by molar-refractivity contribution is 5.39. The van der Waals surface area contributed by atoms with E-state index in [2.05, 4.69) is 17.3 Å². The first kappa shape index (κ1) is 13.4. The molecule has 0 aliphatic heterocycles. The summed E-state index contributed by atoms with van der Waals surface area (Å²) < 4.78 is 12.6. The summed E-state index contributed by atoms with van der Waals surface area (Å²) >= 11 is 0. The molecular weight excluding hydrogens is 242 g/mol. The van der Waals surface area contributed by atoms with E-state index in [1.807, 2.05) is 37.5 Å². The molecule has 1 aromatic carbocycles. The van der Waals surface area contributed by atoms with Gasteiger partial charge in [-0.2, -0.15) is 5.10 Å². The van der Waals surface area contributed by atoms with E-state index < -0.39 is 0 Å². The molecular formula is C14H19N3O2. The third kappa shape index (κ3) is 3.48. The molecule has 1 unspecified atom stereocenters. The lowest BCUT2D eigenvalue weighted by Gasteiger charge is -2.09. The Hall–Kier alpha value is -2.01. The van der Waals surface area contributed by atoms with Crippen LogP contribution in [0.2, 0.25) is 0 Å². The smallest absolute Gasteiger partial charge is 0.157 e. The van der Waals surface area contributed by atoms with Crippen molar-refractivity contribution in [3.8, 4) is 17.2 Å². The van der Waals surface area contributed by atoms with Crippen molar-refractivity contribution in [3.63, 3.8) is 0 Å². The second-order valence-electron chi connectivity index (χ2n) is 4.32. The van der Waals surface area contributed by atoms with E-state index in [9.17, 15) is 0 Å². The number of rotatable bonds is 6. The number of hydrogen-bond acceptors (Lipinski definition) is 4. The van der Waals surface area contributed by atoms with Gasteiger partial charge in [0.2, 0.25) is 0 Å². The van der Waals surface area contributed by atoms with Crippen molar-refractivity contribution in [3.05, 3.63) is 36.7 Å². The first-order valence-corrected chi connectivity index (χ1v) is 6.22. The molecule has 19 heavy (non-hydrogen) atoms. The van der Waals surface area contributed by atoms with Gasteiger partial charge in [0.15, 0.2) is 5.75 Å². The van der Waals surface area contributed by atoms with Gasteiger partial charge in [0.1, 0.15) is 12.4 Å². The Labute approximate surface area is 113 Å². The zero-order valence-corrected chi connectivity index (χ0v) is 11.5. The second-order valence-corrected chi connectivity index (χ2v) is 4.32. The summed E-state index contributed by atoms with van der Waals surface area (Å²) in [5, 5.41) is 7.40. The number of benzene rings is 1. The van der Waals surface area contributed by atoms with Crippen LogP contribution in [0.1, 0.15) is 6.92 Å². The molecule has 102 valence electrons. The van der Waals surface area contributed by atoms with Gasteiger partial charge in [0, 0.05) is 12.1 Å². The van der Waals surface area contributed by atoms with Gasteiger partial charge in [-0.1, -0.05) is 6.07 Å². The Morgan fingerprint density at radius 2 is 2.21 bits per heavy atom. The van der Waals surface area contributed by atoms with Crippen molar-refractivity contribution in [1.82, 2.24) is 15.1 Å². The molecule has 0 bridgehead atoms. The van der Waals surface area contributed by atoms with Gasteiger partial charge >= 0.3 is 0 Å². The standard InChI is InChI=1S/C14H19N3O2/c1-11(15-2)10-19-14-8-16-17(9-14)12-5-4-6-13(7-12)18-3/h4-9,11,15H,10H2,1-3H3. The quantitative estimate of drug-likeness (QED) is 0.862. The van der Waals surface area contributed by atoms with E-state index in [1.54, 1.807) is 18.0 Å². The average Bonchev–Trinajstić information content (AvgIpc) is 2.93. The van der Waals surface area contributed by atoms with Gasteiger partial charge in [-0.05, 0) is 26.1 Å². The highest BCUT2D eigenvalue weighted by Crippen LogP contribution is 2.18. The molecule has 0 radical (unpaired) electrons. The number of likely N-dealkylation sites (N-methyl/N-ethyl adjacent to an activating group) is 1. The highest BCUT2D eigenvalue weighted by Gasteiger charge is 2.04. The lowest BCUT2D eigenvalue weighted by atomic mass is 10.3. The predicted octanol–water partition coefficient (Wildman–Crippen LogP) is 1.87. The van der Waals surface area contributed by atoms with Crippen molar-refractivity contribution in [1.29, 1.82) is 0 Å².